The minimum Gasteiger partial charge on any atom is -0.115 e. The summed E-state index contributed by atoms with van der Waals surface area (Å²) in [4.78, 5) is 3.75. The normalized spacial score (nSPS) is 10.0. The lowest BCUT2D eigenvalue weighted by molar-refractivity contribution is 1.31. The number of rotatable bonds is 3. The first-order chi connectivity index (χ1) is 11.3. The van der Waals surface area contributed by atoms with Gasteiger partial charge in [0.15, 0.2) is 14.7 Å². The molecule has 0 nitrogen and oxygen atoms in total. The summed E-state index contributed by atoms with van der Waals surface area (Å²) in [7, 11) is -0.172. The lowest BCUT2D eigenvalue weighted by Crippen LogP contribution is -2.04. The molecular formula is C22H15S+. The molecule has 0 radical (unpaired) electrons. The Morgan fingerprint density at radius 1 is 0.522 bits per heavy atom. The van der Waals surface area contributed by atoms with Gasteiger partial charge in [-0.05, 0) is 60.7 Å². The van der Waals surface area contributed by atoms with Crippen LogP contribution in [0.2, 0.25) is 0 Å². The maximum absolute atomic E-state index is 5.46. The number of hydrogen-bond acceptors (Lipinski definition) is 0. The highest BCUT2D eigenvalue weighted by Gasteiger charge is 2.28. The van der Waals surface area contributed by atoms with E-state index in [0.29, 0.717) is 0 Å². The van der Waals surface area contributed by atoms with E-state index in [1.165, 1.54) is 14.7 Å². The summed E-state index contributed by atoms with van der Waals surface area (Å²) in [5, 5.41) is 0. The van der Waals surface area contributed by atoms with Crippen molar-refractivity contribution in [3.8, 4) is 24.7 Å². The van der Waals surface area contributed by atoms with Crippen LogP contribution in [0.5, 0.6) is 0 Å². The largest absolute Gasteiger partial charge is 0.166 e. The lowest BCUT2D eigenvalue weighted by Gasteiger charge is -2.08. The summed E-state index contributed by atoms with van der Waals surface area (Å²) in [5.74, 6) is 5.34. The van der Waals surface area contributed by atoms with E-state index in [1.807, 2.05) is 30.3 Å². The molecule has 0 heterocycles. The quantitative estimate of drug-likeness (QED) is 0.484. The fourth-order valence-electron chi connectivity index (χ4n) is 2.34. The SMILES string of the molecule is C#Cc1ccc([S+](c2ccccc2)c2ccc(C#C)cc2)cc1. The highest BCUT2D eigenvalue weighted by atomic mass is 32.2. The summed E-state index contributed by atoms with van der Waals surface area (Å²) >= 11 is 0. The zero-order valence-corrected chi connectivity index (χ0v) is 13.4. The molecule has 0 aromatic heterocycles. The Hall–Kier alpha value is -2.87. The van der Waals surface area contributed by atoms with Crippen LogP contribution in [-0.2, 0) is 10.9 Å². The fraction of sp³-hybridized carbons (Fsp3) is 0. The first kappa shape index (κ1) is 15.0. The molecule has 3 aromatic carbocycles. The lowest BCUT2D eigenvalue weighted by atomic mass is 10.2. The van der Waals surface area contributed by atoms with Gasteiger partial charge in [0.05, 0.1) is 10.9 Å². The van der Waals surface area contributed by atoms with Gasteiger partial charge in [0.1, 0.15) is 0 Å². The Morgan fingerprint density at radius 3 is 1.30 bits per heavy atom. The van der Waals surface area contributed by atoms with Crippen molar-refractivity contribution in [2.75, 3.05) is 0 Å². The molecule has 108 valence electrons. The van der Waals surface area contributed by atoms with E-state index in [1.54, 1.807) is 0 Å². The molecule has 0 N–H and O–H groups in total. The van der Waals surface area contributed by atoms with Crippen molar-refractivity contribution in [1.29, 1.82) is 0 Å². The van der Waals surface area contributed by atoms with E-state index in [4.69, 9.17) is 12.8 Å². The number of terminal acetylenes is 2. The highest BCUT2D eigenvalue weighted by Crippen LogP contribution is 2.31. The zero-order chi connectivity index (χ0) is 16.1. The first-order valence-electron chi connectivity index (χ1n) is 7.24. The van der Waals surface area contributed by atoms with Gasteiger partial charge in [-0.2, -0.15) is 0 Å². The summed E-state index contributed by atoms with van der Waals surface area (Å²) in [5.41, 5.74) is 1.79. The van der Waals surface area contributed by atoms with Crippen LogP contribution in [-0.4, -0.2) is 0 Å². The average Bonchev–Trinajstić information content (AvgIpc) is 2.64. The molecule has 0 unspecified atom stereocenters. The number of benzene rings is 3. The van der Waals surface area contributed by atoms with Crippen LogP contribution in [0.15, 0.2) is 93.5 Å². The van der Waals surface area contributed by atoms with Crippen molar-refractivity contribution >= 4 is 10.9 Å². The molecule has 0 aliphatic carbocycles. The molecule has 0 aliphatic heterocycles. The van der Waals surface area contributed by atoms with Gasteiger partial charge in [-0.3, -0.25) is 0 Å². The van der Waals surface area contributed by atoms with Gasteiger partial charge < -0.3 is 0 Å². The van der Waals surface area contributed by atoms with Crippen LogP contribution in [0.25, 0.3) is 0 Å². The molecule has 0 fully saturated rings. The topological polar surface area (TPSA) is 0 Å². The van der Waals surface area contributed by atoms with Crippen LogP contribution in [0.4, 0.5) is 0 Å². The van der Waals surface area contributed by atoms with Gasteiger partial charge in [-0.15, -0.1) is 12.8 Å². The summed E-state index contributed by atoms with van der Waals surface area (Å²) < 4.78 is 0. The third-order valence-corrected chi connectivity index (χ3v) is 5.72. The van der Waals surface area contributed by atoms with Crippen LogP contribution < -0.4 is 0 Å². The van der Waals surface area contributed by atoms with Crippen molar-refractivity contribution in [2.45, 2.75) is 14.7 Å². The molecule has 0 amide bonds. The first-order valence-corrected chi connectivity index (χ1v) is 8.47. The zero-order valence-electron chi connectivity index (χ0n) is 12.6. The summed E-state index contributed by atoms with van der Waals surface area (Å²) in [6.45, 7) is 0. The standard InChI is InChI=1S/C22H15S/c1-3-18-10-14-21(15-11-18)23(20-8-6-5-7-9-20)22-16-12-19(4-2)13-17-22/h1-2,5-17H/q+1. The molecule has 0 bridgehead atoms. The molecule has 1 heteroatoms. The Kier molecular flexibility index (Phi) is 4.53. The van der Waals surface area contributed by atoms with Crippen molar-refractivity contribution in [2.24, 2.45) is 0 Å². The Labute approximate surface area is 140 Å². The second kappa shape index (κ2) is 6.93. The molecule has 0 spiro atoms. The second-order valence-corrected chi connectivity index (χ2v) is 6.98. The van der Waals surface area contributed by atoms with E-state index >= 15 is 0 Å². The molecule has 0 aliphatic rings. The minimum atomic E-state index is -0.172. The van der Waals surface area contributed by atoms with Crippen LogP contribution >= 0.6 is 0 Å². The highest BCUT2D eigenvalue weighted by molar-refractivity contribution is 7.97. The van der Waals surface area contributed by atoms with Crippen LogP contribution in [0.1, 0.15) is 11.1 Å². The number of hydrogen-bond donors (Lipinski definition) is 0. The third kappa shape index (κ3) is 3.32. The van der Waals surface area contributed by atoms with E-state index in [9.17, 15) is 0 Å². The molecular weight excluding hydrogens is 296 g/mol. The van der Waals surface area contributed by atoms with Crippen LogP contribution in [0, 0.1) is 24.7 Å². The molecule has 0 atom stereocenters. The molecule has 3 aromatic rings. The van der Waals surface area contributed by atoms with Gasteiger partial charge in [0.25, 0.3) is 0 Å². The van der Waals surface area contributed by atoms with Gasteiger partial charge >= 0.3 is 0 Å². The van der Waals surface area contributed by atoms with E-state index in [2.05, 4.69) is 60.4 Å². The Bertz CT molecular complexity index is 803. The summed E-state index contributed by atoms with van der Waals surface area (Å²) in [6, 6.07) is 26.9. The van der Waals surface area contributed by atoms with Crippen molar-refractivity contribution in [3.05, 3.63) is 90.0 Å². The van der Waals surface area contributed by atoms with Crippen molar-refractivity contribution in [3.63, 3.8) is 0 Å². The van der Waals surface area contributed by atoms with E-state index in [0.717, 1.165) is 11.1 Å². The van der Waals surface area contributed by atoms with E-state index in [-0.39, 0.29) is 10.9 Å². The van der Waals surface area contributed by atoms with E-state index < -0.39 is 0 Å². The third-order valence-electron chi connectivity index (χ3n) is 3.49. The minimum absolute atomic E-state index is 0.172. The van der Waals surface area contributed by atoms with Crippen molar-refractivity contribution < 1.29 is 0 Å². The Balaban J connectivity index is 2.09. The average molecular weight is 311 g/mol. The van der Waals surface area contributed by atoms with Gasteiger partial charge in [0.2, 0.25) is 0 Å². The Morgan fingerprint density at radius 2 is 0.913 bits per heavy atom. The predicted molar refractivity (Wildman–Crippen MR) is 97.4 cm³/mol. The maximum Gasteiger partial charge on any atom is 0.166 e. The molecule has 3 rings (SSSR count). The second-order valence-electron chi connectivity index (χ2n) is 4.96. The molecule has 0 saturated carbocycles. The summed E-state index contributed by atoms with van der Waals surface area (Å²) in [6.07, 6.45) is 10.9. The predicted octanol–water partition coefficient (Wildman–Crippen LogP) is 4.74. The smallest absolute Gasteiger partial charge is 0.115 e. The van der Waals surface area contributed by atoms with Crippen LogP contribution in [0.3, 0.4) is 0 Å². The van der Waals surface area contributed by atoms with Gasteiger partial charge in [0, 0.05) is 11.1 Å². The van der Waals surface area contributed by atoms with Gasteiger partial charge in [-0.1, -0.05) is 30.0 Å². The monoisotopic (exact) mass is 311 g/mol. The molecule has 23 heavy (non-hydrogen) atoms. The maximum atomic E-state index is 5.46. The van der Waals surface area contributed by atoms with Crippen molar-refractivity contribution in [1.82, 2.24) is 0 Å². The molecule has 0 saturated heterocycles. The van der Waals surface area contributed by atoms with Gasteiger partial charge in [-0.25, -0.2) is 0 Å². The fourth-order valence-corrected chi connectivity index (χ4v) is 4.40.